The molecule has 1 saturated heterocycles. The summed E-state index contributed by atoms with van der Waals surface area (Å²) in [7, 11) is 0. The number of guanidine groups is 1. The third-order valence-corrected chi connectivity index (χ3v) is 5.93. The van der Waals surface area contributed by atoms with Gasteiger partial charge in [0.1, 0.15) is 5.75 Å². The molecule has 3 N–H and O–H groups in total. The van der Waals surface area contributed by atoms with Crippen LogP contribution in [0.5, 0.6) is 5.75 Å². The smallest absolute Gasteiger partial charge is 0.189 e. The highest BCUT2D eigenvalue weighted by molar-refractivity contribution is 5.78. The Balaban J connectivity index is 1.18. The minimum atomic E-state index is 0.174. The Labute approximate surface area is 179 Å². The molecular weight excluding hydrogens is 374 g/mol. The molecule has 0 radical (unpaired) electrons. The molecule has 0 spiro atoms. The van der Waals surface area contributed by atoms with Crippen molar-refractivity contribution in [2.45, 2.75) is 25.8 Å². The molecular formula is C24H33N5O. The van der Waals surface area contributed by atoms with Gasteiger partial charge in [0, 0.05) is 56.9 Å². The number of nitrogens with one attached hydrogen (secondary N) is 1. The molecule has 6 heteroatoms. The van der Waals surface area contributed by atoms with Gasteiger partial charge in [0.05, 0.1) is 12.6 Å². The lowest BCUT2D eigenvalue weighted by atomic mass is 10.0. The SMILES string of the molecule is Cc1cccc(N2CCN(CCCN=C(N)NC3CCOc4ccccc43)CC2)c1. The van der Waals surface area contributed by atoms with Gasteiger partial charge in [-0.2, -0.15) is 0 Å². The standard InChI is InChI=1S/C24H33N5O/c1-19-6-4-7-20(18-19)29-15-13-28(14-16-29)12-5-11-26-24(25)27-22-10-17-30-23-9-3-2-8-21(22)23/h2-4,6-9,18,22H,5,10-17H2,1H3,(H3,25,26,27). The molecule has 1 fully saturated rings. The van der Waals surface area contributed by atoms with E-state index in [0.717, 1.165) is 63.4 Å². The van der Waals surface area contributed by atoms with E-state index in [1.165, 1.54) is 11.3 Å². The fraction of sp³-hybridized carbons (Fsp3) is 0.458. The predicted molar refractivity (Wildman–Crippen MR) is 123 cm³/mol. The molecule has 2 aromatic rings. The summed E-state index contributed by atoms with van der Waals surface area (Å²) in [4.78, 5) is 9.56. The van der Waals surface area contributed by atoms with Gasteiger partial charge in [0.2, 0.25) is 0 Å². The number of benzene rings is 2. The van der Waals surface area contributed by atoms with Gasteiger partial charge in [-0.25, -0.2) is 0 Å². The molecule has 2 aliphatic heterocycles. The summed E-state index contributed by atoms with van der Waals surface area (Å²) in [6, 6.07) is 17.1. The Morgan fingerprint density at radius 2 is 1.97 bits per heavy atom. The lowest BCUT2D eigenvalue weighted by molar-refractivity contribution is 0.256. The first kappa shape index (κ1) is 20.5. The Kier molecular flexibility index (Phi) is 6.74. The summed E-state index contributed by atoms with van der Waals surface area (Å²) in [6.45, 7) is 9.05. The van der Waals surface area contributed by atoms with Gasteiger partial charge < -0.3 is 20.7 Å². The molecule has 0 aromatic heterocycles. The van der Waals surface area contributed by atoms with Crippen LogP contribution in [-0.2, 0) is 0 Å². The van der Waals surface area contributed by atoms with E-state index in [-0.39, 0.29) is 6.04 Å². The van der Waals surface area contributed by atoms with E-state index in [1.807, 2.05) is 18.2 Å². The van der Waals surface area contributed by atoms with Crippen LogP contribution in [0.25, 0.3) is 0 Å². The van der Waals surface area contributed by atoms with Crippen molar-refractivity contribution in [2.75, 3.05) is 50.8 Å². The second-order valence-corrected chi connectivity index (χ2v) is 8.16. The molecule has 1 atom stereocenters. The first-order valence-corrected chi connectivity index (χ1v) is 11.0. The van der Waals surface area contributed by atoms with Gasteiger partial charge in [-0.05, 0) is 37.1 Å². The number of para-hydroxylation sites is 1. The monoisotopic (exact) mass is 407 g/mol. The van der Waals surface area contributed by atoms with Crippen LogP contribution >= 0.6 is 0 Å². The highest BCUT2D eigenvalue weighted by atomic mass is 16.5. The lowest BCUT2D eigenvalue weighted by Crippen LogP contribution is -2.46. The summed E-state index contributed by atoms with van der Waals surface area (Å²) in [5, 5.41) is 3.37. The quantitative estimate of drug-likeness (QED) is 0.438. The zero-order chi connectivity index (χ0) is 20.8. The zero-order valence-electron chi connectivity index (χ0n) is 17.9. The molecule has 0 bridgehead atoms. The minimum absolute atomic E-state index is 0.174. The molecule has 0 amide bonds. The molecule has 160 valence electrons. The molecule has 2 aliphatic rings. The van der Waals surface area contributed by atoms with Crippen molar-refractivity contribution in [2.24, 2.45) is 10.7 Å². The normalized spacial score (nSPS) is 19.8. The van der Waals surface area contributed by atoms with Gasteiger partial charge in [0.15, 0.2) is 5.96 Å². The van der Waals surface area contributed by atoms with E-state index in [4.69, 9.17) is 10.5 Å². The average molecular weight is 408 g/mol. The van der Waals surface area contributed by atoms with E-state index < -0.39 is 0 Å². The van der Waals surface area contributed by atoms with Crippen molar-refractivity contribution in [3.05, 3.63) is 59.7 Å². The van der Waals surface area contributed by atoms with E-state index in [9.17, 15) is 0 Å². The van der Waals surface area contributed by atoms with Crippen LogP contribution in [0.15, 0.2) is 53.5 Å². The Morgan fingerprint density at radius 1 is 1.13 bits per heavy atom. The third-order valence-electron chi connectivity index (χ3n) is 5.93. The van der Waals surface area contributed by atoms with Gasteiger partial charge in [-0.3, -0.25) is 9.89 Å². The van der Waals surface area contributed by atoms with Crippen molar-refractivity contribution in [3.8, 4) is 5.75 Å². The van der Waals surface area contributed by atoms with Crippen LogP contribution in [0.2, 0.25) is 0 Å². The van der Waals surface area contributed by atoms with Crippen LogP contribution in [0.1, 0.15) is 30.0 Å². The number of aryl methyl sites for hydroxylation is 1. The number of hydrogen-bond donors (Lipinski definition) is 2. The zero-order valence-corrected chi connectivity index (χ0v) is 17.9. The van der Waals surface area contributed by atoms with Gasteiger partial charge in [-0.15, -0.1) is 0 Å². The highest BCUT2D eigenvalue weighted by Gasteiger charge is 2.21. The first-order chi connectivity index (χ1) is 14.7. The van der Waals surface area contributed by atoms with Crippen LogP contribution in [0.4, 0.5) is 5.69 Å². The summed E-state index contributed by atoms with van der Waals surface area (Å²) < 4.78 is 5.71. The largest absolute Gasteiger partial charge is 0.493 e. The van der Waals surface area contributed by atoms with E-state index >= 15 is 0 Å². The van der Waals surface area contributed by atoms with E-state index in [2.05, 4.69) is 57.4 Å². The summed E-state index contributed by atoms with van der Waals surface area (Å²) in [5.74, 6) is 1.47. The Hall–Kier alpha value is -2.73. The van der Waals surface area contributed by atoms with Gasteiger partial charge in [0.25, 0.3) is 0 Å². The van der Waals surface area contributed by atoms with Crippen LogP contribution in [0, 0.1) is 6.92 Å². The first-order valence-electron chi connectivity index (χ1n) is 11.0. The van der Waals surface area contributed by atoms with Crippen LogP contribution in [0.3, 0.4) is 0 Å². The lowest BCUT2D eigenvalue weighted by Gasteiger charge is -2.36. The number of anilines is 1. The number of rotatable bonds is 6. The minimum Gasteiger partial charge on any atom is -0.493 e. The predicted octanol–water partition coefficient (Wildman–Crippen LogP) is 2.94. The Bertz CT molecular complexity index is 860. The molecule has 0 aliphatic carbocycles. The summed E-state index contributed by atoms with van der Waals surface area (Å²) in [6.07, 6.45) is 1.93. The fourth-order valence-electron chi connectivity index (χ4n) is 4.26. The second kappa shape index (κ2) is 9.85. The maximum Gasteiger partial charge on any atom is 0.189 e. The molecule has 0 saturated carbocycles. The summed E-state index contributed by atoms with van der Waals surface area (Å²) >= 11 is 0. The number of hydrogen-bond acceptors (Lipinski definition) is 4. The van der Waals surface area contributed by atoms with Gasteiger partial charge in [-0.1, -0.05) is 30.3 Å². The fourth-order valence-corrected chi connectivity index (χ4v) is 4.26. The molecule has 2 aromatic carbocycles. The van der Waals surface area contributed by atoms with Crippen molar-refractivity contribution in [1.29, 1.82) is 0 Å². The van der Waals surface area contributed by atoms with Crippen molar-refractivity contribution < 1.29 is 4.74 Å². The average Bonchev–Trinajstić information content (AvgIpc) is 2.77. The number of aliphatic imine (C=N–C) groups is 1. The maximum absolute atomic E-state index is 6.15. The topological polar surface area (TPSA) is 66.1 Å². The number of nitrogens with zero attached hydrogens (tertiary/aromatic N) is 3. The van der Waals surface area contributed by atoms with Crippen LogP contribution < -0.4 is 20.7 Å². The van der Waals surface area contributed by atoms with Gasteiger partial charge >= 0.3 is 0 Å². The Morgan fingerprint density at radius 3 is 2.80 bits per heavy atom. The molecule has 6 nitrogen and oxygen atoms in total. The number of piperazine rings is 1. The molecule has 4 rings (SSSR count). The van der Waals surface area contributed by atoms with Crippen molar-refractivity contribution in [3.63, 3.8) is 0 Å². The van der Waals surface area contributed by atoms with Crippen LogP contribution in [-0.4, -0.2) is 56.7 Å². The number of nitrogens with two attached hydrogens (primary N) is 1. The highest BCUT2D eigenvalue weighted by Crippen LogP contribution is 2.31. The van der Waals surface area contributed by atoms with E-state index in [1.54, 1.807) is 0 Å². The third kappa shape index (κ3) is 5.25. The van der Waals surface area contributed by atoms with E-state index in [0.29, 0.717) is 12.6 Å². The second-order valence-electron chi connectivity index (χ2n) is 8.16. The van der Waals surface area contributed by atoms with Crippen molar-refractivity contribution >= 4 is 11.6 Å². The van der Waals surface area contributed by atoms with Crippen molar-refractivity contribution in [1.82, 2.24) is 10.2 Å². The molecule has 30 heavy (non-hydrogen) atoms. The molecule has 2 heterocycles. The number of fused-ring (bicyclic) bond motifs is 1. The number of ether oxygens (including phenoxy) is 1. The maximum atomic E-state index is 6.15. The summed E-state index contributed by atoms with van der Waals surface area (Å²) in [5.41, 5.74) is 9.98. The molecule has 1 unspecified atom stereocenters.